The van der Waals surface area contributed by atoms with Gasteiger partial charge in [-0.3, -0.25) is 0 Å². The Morgan fingerprint density at radius 3 is 2.03 bits per heavy atom. The lowest BCUT2D eigenvalue weighted by Gasteiger charge is -2.23. The second-order valence-electron chi connectivity index (χ2n) is 7.59. The zero-order chi connectivity index (χ0) is 24.6. The summed E-state index contributed by atoms with van der Waals surface area (Å²) >= 11 is 0. The Kier molecular flexibility index (Phi) is 10.0. The van der Waals surface area contributed by atoms with Gasteiger partial charge in [0.15, 0.2) is 5.79 Å². The number of nitrogens with zero attached hydrogens (tertiary/aromatic N) is 2. The van der Waals surface area contributed by atoms with Gasteiger partial charge in [-0.15, -0.1) is 0 Å². The molecule has 0 bridgehead atoms. The first-order valence-electron chi connectivity index (χ1n) is 12.3. The van der Waals surface area contributed by atoms with E-state index in [1.165, 1.54) is 0 Å². The van der Waals surface area contributed by atoms with E-state index in [-0.39, 0.29) is 24.4 Å². The second kappa shape index (κ2) is 12.3. The van der Waals surface area contributed by atoms with E-state index in [9.17, 15) is 0 Å². The molecular formula is C27H40N2O4. The van der Waals surface area contributed by atoms with Crippen LogP contribution in [0.15, 0.2) is 42.5 Å². The summed E-state index contributed by atoms with van der Waals surface area (Å²) in [4.78, 5) is 9.43. The van der Waals surface area contributed by atoms with E-state index in [4.69, 9.17) is 23.9 Å². The Labute approximate surface area is 198 Å². The molecule has 2 aliphatic rings. The predicted molar refractivity (Wildman–Crippen MR) is 135 cm³/mol. The third kappa shape index (κ3) is 5.99. The Bertz CT molecular complexity index is 1010. The maximum absolute atomic E-state index is 6.11. The van der Waals surface area contributed by atoms with Crippen LogP contribution in [0.5, 0.6) is 5.75 Å². The summed E-state index contributed by atoms with van der Waals surface area (Å²) in [5, 5.41) is 0. The third-order valence-corrected chi connectivity index (χ3v) is 5.12. The van der Waals surface area contributed by atoms with Crippen molar-refractivity contribution in [3.8, 4) is 5.75 Å². The van der Waals surface area contributed by atoms with Crippen LogP contribution in [0, 0.1) is 0 Å². The molecule has 4 unspecified atom stereocenters. The first kappa shape index (κ1) is 27.0. The molecule has 182 valence electrons. The van der Waals surface area contributed by atoms with Crippen LogP contribution in [-0.4, -0.2) is 46.8 Å². The van der Waals surface area contributed by atoms with E-state index in [1.54, 1.807) is 0 Å². The van der Waals surface area contributed by atoms with Crippen molar-refractivity contribution in [3.05, 3.63) is 42.5 Å². The molecule has 0 amide bonds. The first-order chi connectivity index (χ1) is 16.0. The molecule has 0 N–H and O–H groups in total. The van der Waals surface area contributed by atoms with Crippen molar-refractivity contribution < 1.29 is 18.9 Å². The van der Waals surface area contributed by atoms with Crippen molar-refractivity contribution in [2.45, 2.75) is 92.5 Å². The predicted octanol–water partition coefficient (Wildman–Crippen LogP) is 6.55. The fourth-order valence-electron chi connectivity index (χ4n) is 3.94. The molecule has 0 aliphatic carbocycles. The standard InChI is InChI=1S/C21H22N2O4.3C2H6/c1-12-19-20(27-21(2,3)26-19)17(25-12)11-24-16-10-6-9-15-18(16)23-14-8-5-4-7-13(14)22-15;3*1-2/h4-10,12,17,19-20H,11H2,1-3H3;3*1-2H3. The molecule has 6 heteroatoms. The molecule has 4 atom stereocenters. The van der Waals surface area contributed by atoms with Crippen LogP contribution in [0.4, 0.5) is 0 Å². The lowest BCUT2D eigenvalue weighted by Crippen LogP contribution is -2.34. The van der Waals surface area contributed by atoms with Gasteiger partial charge in [0.2, 0.25) is 0 Å². The van der Waals surface area contributed by atoms with Gasteiger partial charge in [0, 0.05) is 0 Å². The van der Waals surface area contributed by atoms with Gasteiger partial charge in [0.05, 0.1) is 22.7 Å². The van der Waals surface area contributed by atoms with Crippen molar-refractivity contribution in [1.82, 2.24) is 9.97 Å². The minimum absolute atomic E-state index is 0.0263. The zero-order valence-electron chi connectivity index (χ0n) is 21.6. The smallest absolute Gasteiger partial charge is 0.164 e. The first-order valence-corrected chi connectivity index (χ1v) is 12.3. The highest BCUT2D eigenvalue weighted by atomic mass is 16.8. The van der Waals surface area contributed by atoms with Crippen LogP contribution >= 0.6 is 0 Å². The largest absolute Gasteiger partial charge is 0.488 e. The molecule has 3 aromatic rings. The molecule has 2 aromatic carbocycles. The van der Waals surface area contributed by atoms with Crippen molar-refractivity contribution in [1.29, 1.82) is 0 Å². The van der Waals surface area contributed by atoms with Gasteiger partial charge in [-0.1, -0.05) is 59.7 Å². The molecule has 3 heterocycles. The van der Waals surface area contributed by atoms with E-state index in [0.29, 0.717) is 12.4 Å². The highest BCUT2D eigenvalue weighted by Crippen LogP contribution is 2.39. The molecule has 0 saturated carbocycles. The number of hydrogen-bond donors (Lipinski definition) is 0. The topological polar surface area (TPSA) is 62.7 Å². The number of ether oxygens (including phenoxy) is 4. The summed E-state index contributed by atoms with van der Waals surface area (Å²) in [6.45, 7) is 18.2. The monoisotopic (exact) mass is 456 g/mol. The normalized spacial score (nSPS) is 24.5. The summed E-state index contributed by atoms with van der Waals surface area (Å²) in [6, 6.07) is 13.6. The van der Waals surface area contributed by atoms with Crippen LogP contribution < -0.4 is 4.74 Å². The number of para-hydroxylation sites is 3. The highest BCUT2D eigenvalue weighted by Gasteiger charge is 2.53. The fraction of sp³-hybridized carbons (Fsp3) is 0.556. The lowest BCUT2D eigenvalue weighted by molar-refractivity contribution is -0.187. The third-order valence-electron chi connectivity index (χ3n) is 5.12. The van der Waals surface area contributed by atoms with Crippen LogP contribution in [0.25, 0.3) is 22.1 Å². The Morgan fingerprint density at radius 2 is 1.36 bits per heavy atom. The number of hydrogen-bond acceptors (Lipinski definition) is 6. The average Bonchev–Trinajstić information content (AvgIpc) is 3.33. The van der Waals surface area contributed by atoms with E-state index < -0.39 is 5.79 Å². The molecule has 1 aromatic heterocycles. The quantitative estimate of drug-likeness (QED) is 0.417. The molecule has 33 heavy (non-hydrogen) atoms. The molecule has 0 radical (unpaired) electrons. The van der Waals surface area contributed by atoms with E-state index in [0.717, 1.165) is 22.1 Å². The highest BCUT2D eigenvalue weighted by molar-refractivity contribution is 5.89. The summed E-state index contributed by atoms with van der Waals surface area (Å²) in [6.07, 6.45) is -0.404. The Hall–Kier alpha value is -2.28. The second-order valence-corrected chi connectivity index (χ2v) is 7.59. The van der Waals surface area contributed by atoms with Gasteiger partial charge < -0.3 is 18.9 Å². The lowest BCUT2D eigenvalue weighted by atomic mass is 10.1. The van der Waals surface area contributed by atoms with E-state index >= 15 is 0 Å². The Morgan fingerprint density at radius 1 is 0.788 bits per heavy atom. The summed E-state index contributed by atoms with van der Waals surface area (Å²) < 4.78 is 24.1. The van der Waals surface area contributed by atoms with Crippen LogP contribution in [-0.2, 0) is 14.2 Å². The van der Waals surface area contributed by atoms with Crippen molar-refractivity contribution in [2.24, 2.45) is 0 Å². The zero-order valence-corrected chi connectivity index (χ0v) is 21.6. The van der Waals surface area contributed by atoms with Crippen LogP contribution in [0.3, 0.4) is 0 Å². The van der Waals surface area contributed by atoms with Crippen molar-refractivity contribution in [3.63, 3.8) is 0 Å². The van der Waals surface area contributed by atoms with Gasteiger partial charge in [-0.05, 0) is 45.0 Å². The van der Waals surface area contributed by atoms with Crippen LogP contribution in [0.2, 0.25) is 0 Å². The van der Waals surface area contributed by atoms with Gasteiger partial charge in [0.25, 0.3) is 0 Å². The average molecular weight is 457 g/mol. The van der Waals surface area contributed by atoms with Gasteiger partial charge >= 0.3 is 0 Å². The SMILES string of the molecule is CC.CC.CC.CC1OC(COc2cccc3nc4ccccc4nc23)C2OC(C)(C)OC12. The number of fused-ring (bicyclic) bond motifs is 3. The van der Waals surface area contributed by atoms with Gasteiger partial charge in [-0.2, -0.15) is 0 Å². The van der Waals surface area contributed by atoms with Gasteiger partial charge in [0.1, 0.15) is 36.2 Å². The molecule has 2 aliphatic heterocycles. The summed E-state index contributed by atoms with van der Waals surface area (Å²) in [7, 11) is 0. The number of benzene rings is 2. The van der Waals surface area contributed by atoms with Crippen molar-refractivity contribution >= 4 is 22.1 Å². The maximum atomic E-state index is 6.11. The van der Waals surface area contributed by atoms with Crippen LogP contribution in [0.1, 0.15) is 62.3 Å². The minimum Gasteiger partial charge on any atom is -0.488 e. The van der Waals surface area contributed by atoms with E-state index in [2.05, 4.69) is 4.98 Å². The summed E-state index contributed by atoms with van der Waals surface area (Å²) in [5.41, 5.74) is 3.28. The minimum atomic E-state index is -0.588. The molecular weight excluding hydrogens is 416 g/mol. The van der Waals surface area contributed by atoms with Gasteiger partial charge in [-0.25, -0.2) is 9.97 Å². The fourth-order valence-corrected chi connectivity index (χ4v) is 3.94. The molecule has 5 rings (SSSR count). The van der Waals surface area contributed by atoms with E-state index in [1.807, 2.05) is 105 Å². The Balaban J connectivity index is 0.000000597. The number of aromatic nitrogens is 2. The number of rotatable bonds is 3. The molecule has 2 fully saturated rings. The van der Waals surface area contributed by atoms with Crippen molar-refractivity contribution in [2.75, 3.05) is 6.61 Å². The molecule has 0 spiro atoms. The maximum Gasteiger partial charge on any atom is 0.164 e. The molecule has 2 saturated heterocycles. The molecule has 6 nitrogen and oxygen atoms in total. The summed E-state index contributed by atoms with van der Waals surface area (Å²) in [5.74, 6) is 0.110.